The van der Waals surface area contributed by atoms with Gasteiger partial charge in [0.15, 0.2) is 0 Å². The van der Waals surface area contributed by atoms with Gasteiger partial charge in [0.05, 0.1) is 6.26 Å². The molecule has 0 aliphatic carbocycles. The molecule has 3 rings (SSSR count). The molecule has 1 aliphatic heterocycles. The van der Waals surface area contributed by atoms with Crippen LogP contribution in [0.3, 0.4) is 0 Å². The molecule has 1 aromatic carbocycles. The van der Waals surface area contributed by atoms with E-state index in [4.69, 9.17) is 4.74 Å². The number of nitrogens with zero attached hydrogens (tertiary/aromatic N) is 2. The maximum Gasteiger partial charge on any atom is 0.418 e. The molecule has 1 saturated heterocycles. The second-order valence-electron chi connectivity index (χ2n) is 10.1. The molecule has 2 heterocycles. The Hall–Kier alpha value is -2.39. The number of nitrogens with one attached hydrogen (secondary N) is 1. The molecule has 0 saturated carbocycles. The van der Waals surface area contributed by atoms with Crippen LogP contribution in [0.15, 0.2) is 24.4 Å². The minimum atomic E-state index is -3.16. The summed E-state index contributed by atoms with van der Waals surface area (Å²) in [7, 11) is -3.16. The second kappa shape index (κ2) is 9.46. The second-order valence-corrected chi connectivity index (χ2v) is 12.1. The maximum absolute atomic E-state index is 12.8. The van der Waals surface area contributed by atoms with E-state index >= 15 is 0 Å². The summed E-state index contributed by atoms with van der Waals surface area (Å²) in [6, 6.07) is 5.45. The topological polar surface area (TPSA) is 97.7 Å². The Labute approximate surface area is 196 Å². The highest BCUT2D eigenvalue weighted by Gasteiger charge is 2.26. The molecule has 182 valence electrons. The van der Waals surface area contributed by atoms with Crippen LogP contribution in [0.1, 0.15) is 69.4 Å². The SMILES string of the molecule is CC(C)c1c2ccc(C(=O)NCC3CCN(S(C)(=O)=O)CC3)cc2cn1C(=O)OC(C)(C)C. The van der Waals surface area contributed by atoms with E-state index in [-0.39, 0.29) is 17.7 Å². The molecule has 0 spiro atoms. The molecule has 0 unspecified atom stereocenters. The molecule has 1 N–H and O–H groups in total. The largest absolute Gasteiger partial charge is 0.443 e. The van der Waals surface area contributed by atoms with Gasteiger partial charge in [-0.25, -0.2) is 17.5 Å². The molecule has 2 aromatic rings. The first-order valence-corrected chi connectivity index (χ1v) is 13.2. The van der Waals surface area contributed by atoms with Gasteiger partial charge in [0.25, 0.3) is 5.91 Å². The molecule has 0 radical (unpaired) electrons. The van der Waals surface area contributed by atoms with Crippen LogP contribution < -0.4 is 5.32 Å². The van der Waals surface area contributed by atoms with Crippen molar-refractivity contribution in [2.45, 2.75) is 59.0 Å². The Morgan fingerprint density at radius 3 is 2.36 bits per heavy atom. The van der Waals surface area contributed by atoms with Crippen LogP contribution in [0.5, 0.6) is 0 Å². The third-order valence-electron chi connectivity index (χ3n) is 5.85. The van der Waals surface area contributed by atoms with Gasteiger partial charge in [-0.1, -0.05) is 19.9 Å². The first-order chi connectivity index (χ1) is 15.3. The molecule has 0 atom stereocenters. The summed E-state index contributed by atoms with van der Waals surface area (Å²) >= 11 is 0. The quantitative estimate of drug-likeness (QED) is 0.703. The van der Waals surface area contributed by atoms with Crippen molar-refractivity contribution in [2.24, 2.45) is 5.92 Å². The van der Waals surface area contributed by atoms with E-state index in [1.54, 1.807) is 18.3 Å². The number of aromatic nitrogens is 1. The number of piperidine rings is 1. The number of benzene rings is 1. The van der Waals surface area contributed by atoms with Gasteiger partial charge in [0.1, 0.15) is 5.60 Å². The standard InChI is InChI=1S/C24H35N3O5S/c1-16(2)21-20-8-7-18(13-19(20)15-27(21)23(29)32-24(3,4)5)22(28)25-14-17-9-11-26(12-10-17)33(6,30)31/h7-8,13,15-17H,9-12,14H2,1-6H3,(H,25,28). The van der Waals surface area contributed by atoms with Crippen molar-refractivity contribution in [1.29, 1.82) is 0 Å². The van der Waals surface area contributed by atoms with E-state index in [0.29, 0.717) is 25.2 Å². The molecule has 1 fully saturated rings. The Morgan fingerprint density at radius 1 is 1.18 bits per heavy atom. The van der Waals surface area contributed by atoms with E-state index < -0.39 is 21.7 Å². The first kappa shape index (κ1) is 25.2. The highest BCUT2D eigenvalue weighted by Crippen LogP contribution is 2.29. The average molecular weight is 478 g/mol. The predicted molar refractivity (Wildman–Crippen MR) is 129 cm³/mol. The predicted octanol–water partition coefficient (Wildman–Crippen LogP) is 3.95. The van der Waals surface area contributed by atoms with E-state index in [0.717, 1.165) is 29.3 Å². The molecule has 8 nitrogen and oxygen atoms in total. The number of fused-ring (bicyclic) bond motifs is 1. The number of hydrogen-bond acceptors (Lipinski definition) is 5. The number of carbonyl (C=O) groups is 2. The lowest BCUT2D eigenvalue weighted by Crippen LogP contribution is -2.41. The van der Waals surface area contributed by atoms with E-state index in [1.165, 1.54) is 15.1 Å². The number of carbonyl (C=O) groups excluding carboxylic acids is 2. The smallest absolute Gasteiger partial charge is 0.418 e. The van der Waals surface area contributed by atoms with E-state index in [9.17, 15) is 18.0 Å². The van der Waals surface area contributed by atoms with Crippen molar-refractivity contribution in [3.8, 4) is 0 Å². The van der Waals surface area contributed by atoms with Gasteiger partial charge in [-0.15, -0.1) is 0 Å². The Bertz CT molecular complexity index is 1140. The normalized spacial score (nSPS) is 16.3. The Morgan fingerprint density at radius 2 is 1.82 bits per heavy atom. The number of sulfonamides is 1. The fourth-order valence-corrected chi connectivity index (χ4v) is 5.09. The minimum absolute atomic E-state index is 0.0903. The number of amides is 1. The van der Waals surface area contributed by atoms with Crippen LogP contribution in [0.25, 0.3) is 10.8 Å². The van der Waals surface area contributed by atoms with Gasteiger partial charge in [0.2, 0.25) is 10.0 Å². The summed E-state index contributed by atoms with van der Waals surface area (Å²) in [5.41, 5.74) is 0.765. The summed E-state index contributed by atoms with van der Waals surface area (Å²) < 4.78 is 31.9. The van der Waals surface area contributed by atoms with Crippen molar-refractivity contribution in [2.75, 3.05) is 25.9 Å². The van der Waals surface area contributed by atoms with Crippen LogP contribution in [-0.2, 0) is 14.8 Å². The van der Waals surface area contributed by atoms with Crippen molar-refractivity contribution < 1.29 is 22.7 Å². The summed E-state index contributed by atoms with van der Waals surface area (Å²) in [6.45, 7) is 11.0. The molecular weight excluding hydrogens is 442 g/mol. The van der Waals surface area contributed by atoms with Gasteiger partial charge in [0, 0.05) is 47.9 Å². The zero-order valence-corrected chi connectivity index (χ0v) is 21.2. The third-order valence-corrected chi connectivity index (χ3v) is 7.15. The van der Waals surface area contributed by atoms with Crippen LogP contribution in [-0.4, -0.2) is 60.8 Å². The van der Waals surface area contributed by atoms with Crippen LogP contribution in [0.4, 0.5) is 4.79 Å². The highest BCUT2D eigenvalue weighted by molar-refractivity contribution is 7.88. The summed E-state index contributed by atoms with van der Waals surface area (Å²) in [6.07, 6.45) is 3.97. The van der Waals surface area contributed by atoms with Crippen molar-refractivity contribution in [3.05, 3.63) is 35.7 Å². The fourth-order valence-electron chi connectivity index (χ4n) is 4.22. The molecule has 1 aliphatic rings. The Kier molecular flexibility index (Phi) is 7.24. The van der Waals surface area contributed by atoms with Crippen LogP contribution >= 0.6 is 0 Å². The number of ether oxygens (including phenoxy) is 1. The van der Waals surface area contributed by atoms with Crippen molar-refractivity contribution >= 4 is 32.8 Å². The van der Waals surface area contributed by atoms with Gasteiger partial charge >= 0.3 is 6.09 Å². The molecular formula is C24H35N3O5S. The van der Waals surface area contributed by atoms with Gasteiger partial charge in [-0.3, -0.25) is 9.36 Å². The lowest BCUT2D eigenvalue weighted by atomic mass is 9.98. The fraction of sp³-hybridized carbons (Fsp3) is 0.583. The lowest BCUT2D eigenvalue weighted by Gasteiger charge is -2.30. The van der Waals surface area contributed by atoms with Gasteiger partial charge < -0.3 is 10.1 Å². The van der Waals surface area contributed by atoms with Crippen molar-refractivity contribution in [3.63, 3.8) is 0 Å². The number of rotatable bonds is 5. The first-order valence-electron chi connectivity index (χ1n) is 11.4. The molecule has 9 heteroatoms. The molecule has 0 bridgehead atoms. The van der Waals surface area contributed by atoms with Gasteiger partial charge in [-0.05, 0) is 57.6 Å². The van der Waals surface area contributed by atoms with E-state index in [1.807, 2.05) is 40.7 Å². The summed E-state index contributed by atoms with van der Waals surface area (Å²) in [5.74, 6) is 0.155. The zero-order valence-electron chi connectivity index (χ0n) is 20.3. The molecule has 1 amide bonds. The molecule has 33 heavy (non-hydrogen) atoms. The van der Waals surface area contributed by atoms with Gasteiger partial charge in [-0.2, -0.15) is 0 Å². The lowest BCUT2D eigenvalue weighted by molar-refractivity contribution is 0.0532. The van der Waals surface area contributed by atoms with Crippen LogP contribution in [0.2, 0.25) is 0 Å². The summed E-state index contributed by atoms with van der Waals surface area (Å²) in [4.78, 5) is 25.5. The zero-order chi connectivity index (χ0) is 24.6. The Balaban J connectivity index is 1.73. The van der Waals surface area contributed by atoms with Crippen LogP contribution in [0, 0.1) is 5.92 Å². The average Bonchev–Trinajstić information content (AvgIpc) is 3.09. The third kappa shape index (κ3) is 6.14. The van der Waals surface area contributed by atoms with E-state index in [2.05, 4.69) is 5.32 Å². The monoisotopic (exact) mass is 477 g/mol. The maximum atomic E-state index is 12.8. The minimum Gasteiger partial charge on any atom is -0.443 e. The summed E-state index contributed by atoms with van der Waals surface area (Å²) in [5, 5.41) is 4.70. The van der Waals surface area contributed by atoms with Crippen molar-refractivity contribution in [1.82, 2.24) is 14.2 Å². The number of hydrogen-bond donors (Lipinski definition) is 1. The molecule has 1 aromatic heterocycles. The highest BCUT2D eigenvalue weighted by atomic mass is 32.2.